The Bertz CT molecular complexity index is 707. The van der Waals surface area contributed by atoms with Gasteiger partial charge in [0.25, 0.3) is 5.91 Å². The van der Waals surface area contributed by atoms with Gasteiger partial charge in [0.15, 0.2) is 0 Å². The molecule has 20 heavy (non-hydrogen) atoms. The molecule has 2 heterocycles. The van der Waals surface area contributed by atoms with Crippen molar-refractivity contribution in [1.29, 1.82) is 0 Å². The molecule has 5 nitrogen and oxygen atoms in total. The fourth-order valence-corrected chi connectivity index (χ4v) is 2.44. The van der Waals surface area contributed by atoms with Crippen molar-refractivity contribution in [2.75, 3.05) is 12.2 Å². The number of H-pyrrole nitrogens is 1. The number of nitrogens with one attached hydrogen (secondary N) is 2. The van der Waals surface area contributed by atoms with Crippen LogP contribution in [0.2, 0.25) is 0 Å². The molecule has 0 fully saturated rings. The molecule has 0 aliphatic heterocycles. The number of aromatic amines is 1. The highest BCUT2D eigenvalue weighted by Gasteiger charge is 2.11. The van der Waals surface area contributed by atoms with Crippen LogP contribution in [0.25, 0.3) is 10.3 Å². The maximum Gasteiger partial charge on any atom is 0.272 e. The van der Waals surface area contributed by atoms with Crippen LogP contribution in [-0.2, 0) is 0 Å². The maximum absolute atomic E-state index is 12.0. The van der Waals surface area contributed by atoms with Crippen LogP contribution in [0.4, 0.5) is 10.1 Å². The van der Waals surface area contributed by atoms with Gasteiger partial charge in [-0.15, -0.1) is 11.3 Å². The summed E-state index contributed by atoms with van der Waals surface area (Å²) in [7, 11) is 0. The van der Waals surface area contributed by atoms with Crippen molar-refractivity contribution in [2.24, 2.45) is 0 Å². The highest BCUT2D eigenvalue weighted by atomic mass is 32.1. The van der Waals surface area contributed by atoms with Crippen LogP contribution in [-0.4, -0.2) is 22.7 Å². The van der Waals surface area contributed by atoms with Gasteiger partial charge in [0.2, 0.25) is 6.86 Å². The van der Waals surface area contributed by atoms with E-state index in [9.17, 15) is 9.18 Å². The molecule has 0 spiro atoms. The normalized spacial score (nSPS) is 10.7. The second kappa shape index (κ2) is 5.30. The van der Waals surface area contributed by atoms with Gasteiger partial charge in [0, 0.05) is 5.69 Å². The van der Waals surface area contributed by atoms with E-state index < -0.39 is 6.86 Å². The zero-order chi connectivity index (χ0) is 13.9. The van der Waals surface area contributed by atoms with Gasteiger partial charge in [-0.1, -0.05) is 0 Å². The molecule has 0 radical (unpaired) electrons. The van der Waals surface area contributed by atoms with E-state index >= 15 is 0 Å². The summed E-state index contributed by atoms with van der Waals surface area (Å²) in [5.41, 5.74) is 3.47. The molecule has 0 bridgehead atoms. The van der Waals surface area contributed by atoms with Crippen molar-refractivity contribution in [1.82, 2.24) is 9.97 Å². The van der Waals surface area contributed by atoms with Crippen molar-refractivity contribution in [3.8, 4) is 5.75 Å². The number of carbonyl (C=O) groups excluding carboxylic acids is 1. The van der Waals surface area contributed by atoms with Gasteiger partial charge >= 0.3 is 0 Å². The summed E-state index contributed by atoms with van der Waals surface area (Å²) in [5, 5.41) is 2.74. The van der Waals surface area contributed by atoms with Gasteiger partial charge in [-0.3, -0.25) is 4.79 Å². The molecule has 0 aliphatic rings. The van der Waals surface area contributed by atoms with Crippen LogP contribution in [0.1, 0.15) is 10.5 Å². The Morgan fingerprint density at radius 3 is 2.90 bits per heavy atom. The zero-order valence-corrected chi connectivity index (χ0v) is 11.0. The Labute approximate surface area is 117 Å². The minimum atomic E-state index is -0.877. The fourth-order valence-electron chi connectivity index (χ4n) is 1.76. The summed E-state index contributed by atoms with van der Waals surface area (Å²) < 4.78 is 17.6. The number of rotatable bonds is 4. The van der Waals surface area contributed by atoms with E-state index in [0.717, 1.165) is 4.70 Å². The smallest absolute Gasteiger partial charge is 0.272 e. The van der Waals surface area contributed by atoms with Gasteiger partial charge in [-0.05, 0) is 30.3 Å². The number of benzene rings is 1. The number of anilines is 1. The predicted octanol–water partition coefficient (Wildman–Crippen LogP) is 3.18. The molecule has 1 aromatic carbocycles. The highest BCUT2D eigenvalue weighted by molar-refractivity contribution is 7.16. The first-order chi connectivity index (χ1) is 9.76. The van der Waals surface area contributed by atoms with Crippen molar-refractivity contribution >= 4 is 33.3 Å². The third-order valence-electron chi connectivity index (χ3n) is 2.70. The lowest BCUT2D eigenvalue weighted by Gasteiger charge is -2.05. The van der Waals surface area contributed by atoms with Crippen LogP contribution >= 0.6 is 11.3 Å². The number of hydrogen-bond acceptors (Lipinski definition) is 4. The van der Waals surface area contributed by atoms with Crippen LogP contribution in [0.15, 0.2) is 35.8 Å². The first kappa shape index (κ1) is 12.6. The van der Waals surface area contributed by atoms with Crippen LogP contribution in [0.3, 0.4) is 0 Å². The van der Waals surface area contributed by atoms with Gasteiger partial charge in [-0.2, -0.15) is 0 Å². The molecular weight excluding hydrogens is 281 g/mol. The van der Waals surface area contributed by atoms with E-state index in [4.69, 9.17) is 0 Å². The van der Waals surface area contributed by atoms with Gasteiger partial charge in [0.05, 0.1) is 10.2 Å². The molecule has 7 heteroatoms. The average molecular weight is 291 g/mol. The summed E-state index contributed by atoms with van der Waals surface area (Å²) in [6.45, 7) is -0.877. The van der Waals surface area contributed by atoms with Crippen molar-refractivity contribution in [3.63, 3.8) is 0 Å². The molecule has 0 saturated heterocycles. The Morgan fingerprint density at radius 1 is 1.40 bits per heavy atom. The molecule has 3 aromatic rings. The highest BCUT2D eigenvalue weighted by Crippen LogP contribution is 2.20. The molecule has 3 rings (SSSR count). The van der Waals surface area contributed by atoms with E-state index in [0.29, 0.717) is 22.8 Å². The Morgan fingerprint density at radius 2 is 2.20 bits per heavy atom. The number of halogens is 1. The van der Waals surface area contributed by atoms with E-state index in [1.807, 2.05) is 0 Å². The lowest BCUT2D eigenvalue weighted by molar-refractivity contribution is 0.102. The largest absolute Gasteiger partial charge is 0.463 e. The van der Waals surface area contributed by atoms with Crippen molar-refractivity contribution in [3.05, 3.63) is 41.5 Å². The summed E-state index contributed by atoms with van der Waals surface area (Å²) >= 11 is 1.46. The van der Waals surface area contributed by atoms with E-state index in [2.05, 4.69) is 20.0 Å². The Kier molecular flexibility index (Phi) is 3.34. The van der Waals surface area contributed by atoms with Gasteiger partial charge in [-0.25, -0.2) is 9.37 Å². The summed E-state index contributed by atoms with van der Waals surface area (Å²) in [5.74, 6) is 0.157. The molecule has 1 amide bonds. The van der Waals surface area contributed by atoms with Crippen molar-refractivity contribution in [2.45, 2.75) is 0 Å². The van der Waals surface area contributed by atoms with Crippen LogP contribution < -0.4 is 10.1 Å². The topological polar surface area (TPSA) is 67.0 Å². The first-order valence-corrected chi connectivity index (χ1v) is 6.66. The third-order valence-corrected chi connectivity index (χ3v) is 3.48. The van der Waals surface area contributed by atoms with Crippen LogP contribution in [0.5, 0.6) is 5.75 Å². The van der Waals surface area contributed by atoms with Gasteiger partial charge in [0.1, 0.15) is 17.1 Å². The first-order valence-electron chi connectivity index (χ1n) is 5.78. The minimum Gasteiger partial charge on any atom is -0.463 e. The van der Waals surface area contributed by atoms with E-state index in [1.165, 1.54) is 11.3 Å². The third kappa shape index (κ3) is 2.48. The lowest BCUT2D eigenvalue weighted by atomic mass is 10.3. The summed E-state index contributed by atoms with van der Waals surface area (Å²) in [4.78, 5) is 19.1. The van der Waals surface area contributed by atoms with E-state index in [-0.39, 0.29) is 5.91 Å². The summed E-state index contributed by atoms with van der Waals surface area (Å²) in [6, 6.07) is 8.22. The predicted molar refractivity (Wildman–Crippen MR) is 75.0 cm³/mol. The quantitative estimate of drug-likeness (QED) is 0.775. The van der Waals surface area contributed by atoms with Crippen LogP contribution in [0, 0.1) is 0 Å². The number of fused-ring (bicyclic) bond motifs is 1. The fraction of sp³-hybridized carbons (Fsp3) is 0.0769. The van der Waals surface area contributed by atoms with Gasteiger partial charge < -0.3 is 15.0 Å². The molecule has 2 N–H and O–H groups in total. The van der Waals surface area contributed by atoms with Crippen molar-refractivity contribution < 1.29 is 13.9 Å². The number of nitrogens with zero attached hydrogens (tertiary/aromatic N) is 1. The number of aromatic nitrogens is 2. The number of amides is 1. The number of hydrogen-bond donors (Lipinski definition) is 2. The SMILES string of the molecule is O=C(Nc1ccc(OCF)cc1)c1cc2scnc2[nH]1. The number of carbonyl (C=O) groups is 1. The minimum absolute atomic E-state index is 0.255. The van der Waals surface area contributed by atoms with E-state index in [1.54, 1.807) is 35.8 Å². The zero-order valence-electron chi connectivity index (χ0n) is 10.2. The standard InChI is InChI=1S/C13H10FN3O2S/c14-6-19-9-3-1-8(2-4-9)16-13(18)10-5-11-12(17-10)15-7-20-11/h1-5,7,17H,6H2,(H,16,18). The second-order valence-electron chi connectivity index (χ2n) is 3.98. The monoisotopic (exact) mass is 291 g/mol. The lowest BCUT2D eigenvalue weighted by Crippen LogP contribution is -2.12. The molecule has 0 aliphatic carbocycles. The molecule has 2 aromatic heterocycles. The molecule has 0 unspecified atom stereocenters. The molecule has 102 valence electrons. The number of ether oxygens (including phenoxy) is 1. The number of alkyl halides is 1. The second-order valence-corrected chi connectivity index (χ2v) is 4.87. The summed E-state index contributed by atoms with van der Waals surface area (Å²) in [6.07, 6.45) is 0. The molecular formula is C13H10FN3O2S. The molecule has 0 saturated carbocycles. The average Bonchev–Trinajstić information content (AvgIpc) is 3.02. The number of thiazole rings is 1. The Hall–Kier alpha value is -2.41. The maximum atomic E-state index is 12.0. The Balaban J connectivity index is 1.73. The molecule has 0 atom stereocenters.